The van der Waals surface area contributed by atoms with E-state index in [2.05, 4.69) is 5.10 Å². The minimum atomic E-state index is -4.39. The highest BCUT2D eigenvalue weighted by atomic mass is 19.4. The van der Waals surface area contributed by atoms with Crippen LogP contribution in [0.1, 0.15) is 32.9 Å². The summed E-state index contributed by atoms with van der Waals surface area (Å²) in [6.07, 6.45) is -4.25. The maximum absolute atomic E-state index is 12.5. The third-order valence-electron chi connectivity index (χ3n) is 3.53. The topological polar surface area (TPSA) is 34.9 Å². The summed E-state index contributed by atoms with van der Waals surface area (Å²) < 4.78 is 39.1. The molecule has 6 heteroatoms. The van der Waals surface area contributed by atoms with Gasteiger partial charge in [-0.15, -0.1) is 0 Å². The molecule has 0 saturated carbocycles. The third kappa shape index (κ3) is 3.15. The molecule has 0 fully saturated rings. The van der Waals surface area contributed by atoms with Crippen molar-refractivity contribution < 1.29 is 18.0 Å². The molecule has 0 spiro atoms. The lowest BCUT2D eigenvalue weighted by Gasteiger charge is -2.07. The number of Topliss-reactive ketones (excluding diaryl/α,β-unsaturated/α-hetero) is 1. The molecule has 0 aliphatic heterocycles. The van der Waals surface area contributed by atoms with Gasteiger partial charge in [0.2, 0.25) is 0 Å². The summed E-state index contributed by atoms with van der Waals surface area (Å²) in [6, 6.07) is 4.28. The van der Waals surface area contributed by atoms with Crippen molar-refractivity contribution in [1.29, 1.82) is 0 Å². The van der Waals surface area contributed by atoms with Gasteiger partial charge in [0.25, 0.3) is 0 Å². The maximum Gasteiger partial charge on any atom is 0.416 e. The van der Waals surface area contributed by atoms with E-state index in [-0.39, 0.29) is 17.8 Å². The molecule has 2 aromatic rings. The number of aryl methyl sites for hydroxylation is 2. The highest BCUT2D eigenvalue weighted by Gasteiger charge is 2.30. The van der Waals surface area contributed by atoms with Crippen molar-refractivity contribution in [2.75, 3.05) is 0 Å². The Bertz CT molecular complexity index is 669. The Morgan fingerprint density at radius 3 is 2.19 bits per heavy atom. The molecule has 0 N–H and O–H groups in total. The van der Waals surface area contributed by atoms with Crippen LogP contribution in [0.2, 0.25) is 0 Å². The average Bonchev–Trinajstić information content (AvgIpc) is 2.64. The highest BCUT2D eigenvalue weighted by Crippen LogP contribution is 2.29. The van der Waals surface area contributed by atoms with Gasteiger partial charge in [-0.25, -0.2) is 0 Å². The van der Waals surface area contributed by atoms with Gasteiger partial charge in [-0.2, -0.15) is 18.3 Å². The smallest absolute Gasteiger partial charge is 0.294 e. The van der Waals surface area contributed by atoms with Crippen molar-refractivity contribution >= 4 is 5.78 Å². The van der Waals surface area contributed by atoms with E-state index in [1.807, 2.05) is 13.8 Å². The molecule has 2 rings (SSSR count). The number of nitrogens with zero attached hydrogens (tertiary/aromatic N) is 2. The Balaban J connectivity index is 2.21. The van der Waals surface area contributed by atoms with Gasteiger partial charge in [0.1, 0.15) is 0 Å². The monoisotopic (exact) mass is 296 g/mol. The SMILES string of the molecule is Cc1nn(C)c(C)c1CC(=O)c1ccc(C(F)(F)F)cc1. The van der Waals surface area contributed by atoms with Gasteiger partial charge in [0.15, 0.2) is 5.78 Å². The van der Waals surface area contributed by atoms with Crippen molar-refractivity contribution in [3.8, 4) is 0 Å². The summed E-state index contributed by atoms with van der Waals surface area (Å²) in [5.74, 6) is -0.220. The van der Waals surface area contributed by atoms with Crippen LogP contribution in [-0.2, 0) is 19.6 Å². The first-order valence-corrected chi connectivity index (χ1v) is 6.39. The van der Waals surface area contributed by atoms with E-state index in [4.69, 9.17) is 0 Å². The lowest BCUT2D eigenvalue weighted by atomic mass is 10.0. The zero-order valence-electron chi connectivity index (χ0n) is 12.0. The van der Waals surface area contributed by atoms with Crippen molar-refractivity contribution in [1.82, 2.24) is 9.78 Å². The summed E-state index contributed by atoms with van der Waals surface area (Å²) in [4.78, 5) is 12.2. The van der Waals surface area contributed by atoms with Gasteiger partial charge in [0, 0.05) is 30.3 Å². The van der Waals surface area contributed by atoms with E-state index in [1.54, 1.807) is 11.7 Å². The van der Waals surface area contributed by atoms with Crippen LogP contribution >= 0.6 is 0 Å². The van der Waals surface area contributed by atoms with Crippen molar-refractivity contribution in [2.24, 2.45) is 7.05 Å². The number of carbonyl (C=O) groups is 1. The number of benzene rings is 1. The van der Waals surface area contributed by atoms with Crippen molar-refractivity contribution in [3.05, 3.63) is 52.3 Å². The highest BCUT2D eigenvalue weighted by molar-refractivity contribution is 5.97. The van der Waals surface area contributed by atoms with Crippen LogP contribution in [0.25, 0.3) is 0 Å². The third-order valence-corrected chi connectivity index (χ3v) is 3.53. The Morgan fingerprint density at radius 2 is 1.76 bits per heavy atom. The lowest BCUT2D eigenvalue weighted by Crippen LogP contribution is -2.08. The molecule has 0 amide bonds. The number of carbonyl (C=O) groups excluding carboxylic acids is 1. The number of halogens is 3. The fourth-order valence-electron chi connectivity index (χ4n) is 2.18. The second kappa shape index (κ2) is 5.35. The first-order chi connectivity index (χ1) is 9.70. The molecule has 0 radical (unpaired) electrons. The first-order valence-electron chi connectivity index (χ1n) is 6.39. The zero-order chi connectivity index (χ0) is 15.8. The van der Waals surface area contributed by atoms with Gasteiger partial charge < -0.3 is 0 Å². The van der Waals surface area contributed by atoms with E-state index < -0.39 is 11.7 Å². The second-order valence-electron chi connectivity index (χ2n) is 4.95. The van der Waals surface area contributed by atoms with E-state index in [0.29, 0.717) is 0 Å². The molecule has 0 aliphatic rings. The Labute approximate surface area is 120 Å². The standard InChI is InChI=1S/C15H15F3N2O/c1-9-13(10(2)20(3)19-9)8-14(21)11-4-6-12(7-5-11)15(16,17)18/h4-7H,8H2,1-3H3. The summed E-state index contributed by atoms with van der Waals surface area (Å²) in [7, 11) is 1.79. The Hall–Kier alpha value is -2.11. The normalized spacial score (nSPS) is 11.7. The average molecular weight is 296 g/mol. The van der Waals surface area contributed by atoms with Gasteiger partial charge >= 0.3 is 6.18 Å². The molecule has 0 saturated heterocycles. The predicted octanol–water partition coefficient (Wildman–Crippen LogP) is 3.48. The van der Waals surface area contributed by atoms with E-state index in [1.165, 1.54) is 12.1 Å². The fraction of sp³-hybridized carbons (Fsp3) is 0.333. The molecule has 1 heterocycles. The minimum Gasteiger partial charge on any atom is -0.294 e. The number of ketones is 1. The second-order valence-corrected chi connectivity index (χ2v) is 4.95. The summed E-state index contributed by atoms with van der Waals surface area (Å²) in [5, 5.41) is 4.22. The number of hydrogen-bond acceptors (Lipinski definition) is 2. The summed E-state index contributed by atoms with van der Waals surface area (Å²) >= 11 is 0. The Kier molecular flexibility index (Phi) is 3.89. The number of alkyl halides is 3. The molecular weight excluding hydrogens is 281 g/mol. The molecule has 3 nitrogen and oxygen atoms in total. The van der Waals surface area contributed by atoms with Crippen molar-refractivity contribution in [3.63, 3.8) is 0 Å². The summed E-state index contributed by atoms with van der Waals surface area (Å²) in [5.41, 5.74) is 1.98. The van der Waals surface area contributed by atoms with Crippen LogP contribution in [0.3, 0.4) is 0 Å². The minimum absolute atomic E-state index is 0.136. The first kappa shape index (κ1) is 15.3. The van der Waals surface area contributed by atoms with Gasteiger partial charge in [0.05, 0.1) is 11.3 Å². The van der Waals surface area contributed by atoms with Gasteiger partial charge in [-0.3, -0.25) is 9.48 Å². The molecule has 0 unspecified atom stereocenters. The molecule has 0 bridgehead atoms. The lowest BCUT2D eigenvalue weighted by molar-refractivity contribution is -0.137. The molecule has 1 aromatic heterocycles. The van der Waals surface area contributed by atoms with Crippen LogP contribution in [0.15, 0.2) is 24.3 Å². The largest absolute Gasteiger partial charge is 0.416 e. The van der Waals surface area contributed by atoms with Crippen LogP contribution in [-0.4, -0.2) is 15.6 Å². The quantitative estimate of drug-likeness (QED) is 0.813. The molecule has 1 aromatic carbocycles. The van der Waals surface area contributed by atoms with Crippen LogP contribution in [0, 0.1) is 13.8 Å². The Morgan fingerprint density at radius 1 is 1.19 bits per heavy atom. The van der Waals surface area contributed by atoms with E-state index in [0.717, 1.165) is 29.1 Å². The zero-order valence-corrected chi connectivity index (χ0v) is 12.0. The van der Waals surface area contributed by atoms with Crippen molar-refractivity contribution in [2.45, 2.75) is 26.4 Å². The number of aromatic nitrogens is 2. The van der Waals surface area contributed by atoms with E-state index >= 15 is 0 Å². The molecular formula is C15H15F3N2O. The van der Waals surface area contributed by atoms with Gasteiger partial charge in [-0.1, -0.05) is 12.1 Å². The van der Waals surface area contributed by atoms with Gasteiger partial charge in [-0.05, 0) is 26.0 Å². The number of hydrogen-bond donors (Lipinski definition) is 0. The van der Waals surface area contributed by atoms with Crippen LogP contribution < -0.4 is 0 Å². The van der Waals surface area contributed by atoms with E-state index in [9.17, 15) is 18.0 Å². The molecule has 112 valence electrons. The molecule has 21 heavy (non-hydrogen) atoms. The number of rotatable bonds is 3. The molecule has 0 aliphatic carbocycles. The van der Waals surface area contributed by atoms with Crippen LogP contribution in [0.4, 0.5) is 13.2 Å². The fourth-order valence-corrected chi connectivity index (χ4v) is 2.18. The van der Waals surface area contributed by atoms with Crippen LogP contribution in [0.5, 0.6) is 0 Å². The molecule has 0 atom stereocenters. The maximum atomic E-state index is 12.5. The predicted molar refractivity (Wildman–Crippen MR) is 72.2 cm³/mol. The summed E-state index contributed by atoms with van der Waals surface area (Å²) in [6.45, 7) is 3.66.